The van der Waals surface area contributed by atoms with Crippen molar-refractivity contribution in [2.24, 2.45) is 0 Å². The summed E-state index contributed by atoms with van der Waals surface area (Å²) in [6, 6.07) is 5.89. The molecule has 0 aliphatic carbocycles. The smallest absolute Gasteiger partial charge is 0.414 e. The molecule has 0 unspecified atom stereocenters. The second kappa shape index (κ2) is 9.78. The van der Waals surface area contributed by atoms with Gasteiger partial charge >= 0.3 is 12.2 Å². The van der Waals surface area contributed by atoms with Crippen LogP contribution in [0.1, 0.15) is 33.6 Å². The van der Waals surface area contributed by atoms with E-state index in [9.17, 15) is 14.0 Å². The highest BCUT2D eigenvalue weighted by molar-refractivity contribution is 5.89. The number of halogens is 1. The second-order valence-electron chi connectivity index (χ2n) is 9.16. The van der Waals surface area contributed by atoms with Crippen molar-refractivity contribution in [2.45, 2.75) is 51.4 Å². The predicted octanol–water partition coefficient (Wildman–Crippen LogP) is 4.00. The van der Waals surface area contributed by atoms with Crippen molar-refractivity contribution in [1.29, 1.82) is 0 Å². The largest absolute Gasteiger partial charge is 0.487 e. The van der Waals surface area contributed by atoms with Crippen LogP contribution in [0, 0.1) is 5.82 Å². The number of hydrogen-bond acceptors (Lipinski definition) is 8. The van der Waals surface area contributed by atoms with Crippen LogP contribution in [-0.4, -0.2) is 66.3 Å². The third kappa shape index (κ3) is 5.89. The lowest BCUT2D eigenvalue weighted by molar-refractivity contribution is 0.0123. The SMILES string of the molecule is CC(C)(C)OC(=O)N1CCC(Oc2ccc(N3C[C@H](COc4ccon4)OC3=O)cc2F)CC1. The number of ether oxygens (including phenoxy) is 4. The van der Waals surface area contributed by atoms with Crippen LogP contribution in [0.4, 0.5) is 19.7 Å². The summed E-state index contributed by atoms with van der Waals surface area (Å²) < 4.78 is 41.4. The Morgan fingerprint density at radius 2 is 2.00 bits per heavy atom. The van der Waals surface area contributed by atoms with Crippen molar-refractivity contribution in [3.63, 3.8) is 0 Å². The zero-order valence-corrected chi connectivity index (χ0v) is 19.4. The van der Waals surface area contributed by atoms with E-state index < -0.39 is 23.6 Å². The van der Waals surface area contributed by atoms with Crippen molar-refractivity contribution in [2.75, 3.05) is 31.1 Å². The van der Waals surface area contributed by atoms with Gasteiger partial charge in [0.15, 0.2) is 17.7 Å². The number of nitrogens with zero attached hydrogens (tertiary/aromatic N) is 3. The summed E-state index contributed by atoms with van der Waals surface area (Å²) in [4.78, 5) is 27.4. The number of hydrogen-bond donors (Lipinski definition) is 0. The molecule has 0 radical (unpaired) electrons. The Morgan fingerprint density at radius 1 is 1.24 bits per heavy atom. The van der Waals surface area contributed by atoms with Crippen molar-refractivity contribution in [3.8, 4) is 11.6 Å². The molecular formula is C23H28FN3O7. The van der Waals surface area contributed by atoms with Gasteiger partial charge in [0.1, 0.15) is 24.6 Å². The van der Waals surface area contributed by atoms with Gasteiger partial charge in [0.25, 0.3) is 5.88 Å². The number of piperidine rings is 1. The third-order valence-electron chi connectivity index (χ3n) is 5.32. The maximum atomic E-state index is 14.8. The van der Waals surface area contributed by atoms with E-state index in [2.05, 4.69) is 9.68 Å². The number of anilines is 1. The molecule has 0 saturated carbocycles. The Hall–Kier alpha value is -3.50. The van der Waals surface area contributed by atoms with Crippen LogP contribution >= 0.6 is 0 Å². The molecule has 0 N–H and O–H groups in total. The van der Waals surface area contributed by atoms with Gasteiger partial charge in [-0.15, -0.1) is 0 Å². The summed E-state index contributed by atoms with van der Waals surface area (Å²) in [7, 11) is 0. The molecule has 10 nitrogen and oxygen atoms in total. The fraction of sp³-hybridized carbons (Fsp3) is 0.522. The standard InChI is InChI=1S/C23H28FN3O7/c1-23(2,3)34-21(28)26-9-6-16(7-10-26)32-19-5-4-15(12-18(19)24)27-13-17(33-22(27)29)14-30-20-8-11-31-25-20/h4-5,8,11-12,16-17H,6-7,9-10,13-14H2,1-3H3/t17-/m1/s1. The number of cyclic esters (lactones) is 1. The third-order valence-corrected chi connectivity index (χ3v) is 5.32. The van der Waals surface area contributed by atoms with E-state index in [4.69, 9.17) is 18.9 Å². The zero-order valence-electron chi connectivity index (χ0n) is 19.4. The van der Waals surface area contributed by atoms with Gasteiger partial charge in [-0.1, -0.05) is 0 Å². The van der Waals surface area contributed by atoms with Crippen molar-refractivity contribution in [1.82, 2.24) is 10.1 Å². The minimum atomic E-state index is -0.587. The molecule has 2 saturated heterocycles. The molecule has 1 aromatic carbocycles. The first-order valence-corrected chi connectivity index (χ1v) is 11.1. The summed E-state index contributed by atoms with van der Waals surface area (Å²) in [5, 5.41) is 3.63. The number of carbonyl (C=O) groups is 2. The molecule has 11 heteroatoms. The first-order valence-electron chi connectivity index (χ1n) is 11.1. The molecule has 2 aliphatic rings. The summed E-state index contributed by atoms with van der Waals surface area (Å²) >= 11 is 0. The van der Waals surface area contributed by atoms with E-state index in [-0.39, 0.29) is 31.1 Å². The first-order chi connectivity index (χ1) is 16.2. The number of aromatic nitrogens is 1. The van der Waals surface area contributed by atoms with Crippen molar-refractivity contribution < 1.29 is 37.5 Å². The quantitative estimate of drug-likeness (QED) is 0.615. The van der Waals surface area contributed by atoms with Crippen molar-refractivity contribution >= 4 is 17.9 Å². The van der Waals surface area contributed by atoms with E-state index in [1.165, 1.54) is 23.3 Å². The monoisotopic (exact) mass is 477 g/mol. The normalized spacial score (nSPS) is 19.2. The van der Waals surface area contributed by atoms with Gasteiger partial charge in [-0.25, -0.2) is 14.0 Å². The van der Waals surface area contributed by atoms with Crippen LogP contribution in [0.2, 0.25) is 0 Å². The summed E-state index contributed by atoms with van der Waals surface area (Å²) in [5.74, 6) is -0.195. The minimum absolute atomic E-state index is 0.0953. The van der Waals surface area contributed by atoms with Gasteiger partial charge < -0.3 is 28.4 Å². The topological polar surface area (TPSA) is 104 Å². The second-order valence-corrected chi connectivity index (χ2v) is 9.16. The van der Waals surface area contributed by atoms with Crippen molar-refractivity contribution in [3.05, 3.63) is 36.3 Å². The van der Waals surface area contributed by atoms with Gasteiger partial charge in [-0.3, -0.25) is 4.90 Å². The molecule has 2 aliphatic heterocycles. The Morgan fingerprint density at radius 3 is 2.65 bits per heavy atom. The Kier molecular flexibility index (Phi) is 6.80. The van der Waals surface area contributed by atoms with E-state index in [0.29, 0.717) is 37.5 Å². The Labute approximate surface area is 196 Å². The molecule has 3 heterocycles. The fourth-order valence-electron chi connectivity index (χ4n) is 3.69. The van der Waals surface area contributed by atoms with Crippen LogP contribution < -0.4 is 14.4 Å². The van der Waals surface area contributed by atoms with Crippen LogP contribution in [0.3, 0.4) is 0 Å². The van der Waals surface area contributed by atoms with Gasteiger partial charge in [0.05, 0.1) is 12.2 Å². The Balaban J connectivity index is 1.29. The number of carbonyl (C=O) groups excluding carboxylic acids is 2. The highest BCUT2D eigenvalue weighted by atomic mass is 19.1. The molecule has 1 atom stereocenters. The summed E-state index contributed by atoms with van der Waals surface area (Å²) in [6.07, 6.45) is 0.796. The molecule has 4 rings (SSSR count). The highest BCUT2D eigenvalue weighted by Gasteiger charge is 2.34. The van der Waals surface area contributed by atoms with E-state index >= 15 is 0 Å². The first kappa shape index (κ1) is 23.7. The molecule has 184 valence electrons. The summed E-state index contributed by atoms with van der Waals surface area (Å²) in [5.41, 5.74) is -0.195. The predicted molar refractivity (Wildman–Crippen MR) is 117 cm³/mol. The molecule has 2 aromatic rings. The maximum absolute atomic E-state index is 14.8. The molecule has 2 fully saturated rings. The average molecular weight is 477 g/mol. The van der Waals surface area contributed by atoms with E-state index in [1.807, 2.05) is 20.8 Å². The van der Waals surface area contributed by atoms with E-state index in [1.54, 1.807) is 17.0 Å². The van der Waals surface area contributed by atoms with Gasteiger partial charge in [0.2, 0.25) is 0 Å². The van der Waals surface area contributed by atoms with Crippen LogP contribution in [-0.2, 0) is 9.47 Å². The minimum Gasteiger partial charge on any atom is -0.487 e. The van der Waals surface area contributed by atoms with Crippen LogP contribution in [0.25, 0.3) is 0 Å². The molecular weight excluding hydrogens is 449 g/mol. The number of rotatable bonds is 6. The van der Waals surface area contributed by atoms with Gasteiger partial charge in [-0.05, 0) is 38.1 Å². The molecule has 0 spiro atoms. The lowest BCUT2D eigenvalue weighted by Gasteiger charge is -2.33. The average Bonchev–Trinajstić information content (AvgIpc) is 3.42. The molecule has 1 aromatic heterocycles. The van der Waals surface area contributed by atoms with Gasteiger partial charge in [-0.2, -0.15) is 0 Å². The molecule has 0 bridgehead atoms. The van der Waals surface area contributed by atoms with Crippen LogP contribution in [0.15, 0.2) is 35.1 Å². The number of likely N-dealkylation sites (tertiary alicyclic amines) is 1. The van der Waals surface area contributed by atoms with Crippen LogP contribution in [0.5, 0.6) is 11.6 Å². The zero-order chi connectivity index (χ0) is 24.3. The Bertz CT molecular complexity index is 1000. The van der Waals surface area contributed by atoms with Gasteiger partial charge in [0, 0.05) is 38.1 Å². The number of benzene rings is 1. The van der Waals surface area contributed by atoms with E-state index in [0.717, 1.165) is 0 Å². The lowest BCUT2D eigenvalue weighted by atomic mass is 10.1. The fourth-order valence-corrected chi connectivity index (χ4v) is 3.69. The lowest BCUT2D eigenvalue weighted by Crippen LogP contribution is -2.44. The molecule has 2 amide bonds. The molecule has 34 heavy (non-hydrogen) atoms. The maximum Gasteiger partial charge on any atom is 0.414 e. The number of amides is 2. The highest BCUT2D eigenvalue weighted by Crippen LogP contribution is 2.29. The summed E-state index contributed by atoms with van der Waals surface area (Å²) in [6.45, 7) is 6.71.